The number of methoxy groups -OCH3 is 1. The summed E-state index contributed by atoms with van der Waals surface area (Å²) in [5, 5.41) is 3.03. The van der Waals surface area contributed by atoms with Crippen molar-refractivity contribution in [3.63, 3.8) is 0 Å². The van der Waals surface area contributed by atoms with Crippen LogP contribution >= 0.6 is 0 Å². The molecular formula is C10H11N5O. The van der Waals surface area contributed by atoms with Gasteiger partial charge in [0, 0.05) is 31.9 Å². The van der Waals surface area contributed by atoms with Crippen molar-refractivity contribution < 1.29 is 4.74 Å². The molecule has 0 aliphatic heterocycles. The van der Waals surface area contributed by atoms with Gasteiger partial charge in [0.25, 0.3) is 0 Å². The fraction of sp³-hybridized carbons (Fsp3) is 0.200. The first-order valence-electron chi connectivity index (χ1n) is 4.72. The van der Waals surface area contributed by atoms with Gasteiger partial charge in [0.2, 0.25) is 0 Å². The van der Waals surface area contributed by atoms with Crippen molar-refractivity contribution in [3.05, 3.63) is 36.7 Å². The fourth-order valence-corrected chi connectivity index (χ4v) is 1.20. The van der Waals surface area contributed by atoms with Crippen LogP contribution in [0.1, 0.15) is 5.69 Å². The van der Waals surface area contributed by atoms with Gasteiger partial charge in [0.15, 0.2) is 5.82 Å². The van der Waals surface area contributed by atoms with E-state index in [9.17, 15) is 0 Å². The molecule has 0 saturated carbocycles. The predicted octanol–water partition coefficient (Wildman–Crippen LogP) is 1.16. The van der Waals surface area contributed by atoms with E-state index in [4.69, 9.17) is 4.74 Å². The Balaban J connectivity index is 2.21. The third-order valence-corrected chi connectivity index (χ3v) is 1.86. The van der Waals surface area contributed by atoms with Gasteiger partial charge in [0.05, 0.1) is 12.8 Å². The minimum Gasteiger partial charge on any atom is -0.378 e. The highest BCUT2D eigenvalue weighted by Crippen LogP contribution is 2.13. The zero-order chi connectivity index (χ0) is 11.2. The molecule has 0 bridgehead atoms. The van der Waals surface area contributed by atoms with Gasteiger partial charge in [-0.1, -0.05) is 0 Å². The lowest BCUT2D eigenvalue weighted by atomic mass is 10.4. The number of nitrogens with zero attached hydrogens (tertiary/aromatic N) is 4. The van der Waals surface area contributed by atoms with Crippen LogP contribution in [-0.4, -0.2) is 27.0 Å². The molecule has 2 heterocycles. The Kier molecular flexibility index (Phi) is 3.35. The summed E-state index contributed by atoms with van der Waals surface area (Å²) in [5.74, 6) is 1.25. The molecule has 0 unspecified atom stereocenters. The Morgan fingerprint density at radius 1 is 1.12 bits per heavy atom. The highest BCUT2D eigenvalue weighted by atomic mass is 16.5. The summed E-state index contributed by atoms with van der Waals surface area (Å²) in [5.41, 5.74) is 0.732. The normalized spacial score (nSPS) is 10.1. The van der Waals surface area contributed by atoms with Crippen molar-refractivity contribution in [2.24, 2.45) is 0 Å². The largest absolute Gasteiger partial charge is 0.378 e. The van der Waals surface area contributed by atoms with Gasteiger partial charge < -0.3 is 10.1 Å². The highest BCUT2D eigenvalue weighted by Gasteiger charge is 2.05. The van der Waals surface area contributed by atoms with E-state index in [0.717, 1.165) is 5.69 Å². The van der Waals surface area contributed by atoms with Crippen molar-refractivity contribution in [1.82, 2.24) is 19.9 Å². The zero-order valence-electron chi connectivity index (χ0n) is 8.79. The summed E-state index contributed by atoms with van der Waals surface area (Å²) in [4.78, 5) is 16.4. The molecule has 2 aromatic heterocycles. The quantitative estimate of drug-likeness (QED) is 0.828. The number of ether oxygens (including phenoxy) is 1. The molecule has 16 heavy (non-hydrogen) atoms. The van der Waals surface area contributed by atoms with Crippen LogP contribution in [0.5, 0.6) is 0 Å². The SMILES string of the molecule is COCc1nccnc1Nc1cnccn1. The molecule has 0 radical (unpaired) electrons. The Bertz CT molecular complexity index is 448. The molecule has 0 aromatic carbocycles. The van der Waals surface area contributed by atoms with Gasteiger partial charge in [-0.15, -0.1) is 0 Å². The maximum Gasteiger partial charge on any atom is 0.155 e. The highest BCUT2D eigenvalue weighted by molar-refractivity contribution is 5.52. The van der Waals surface area contributed by atoms with Crippen LogP contribution in [0.4, 0.5) is 11.6 Å². The van der Waals surface area contributed by atoms with E-state index in [1.54, 1.807) is 38.1 Å². The van der Waals surface area contributed by atoms with Crippen molar-refractivity contribution in [3.8, 4) is 0 Å². The van der Waals surface area contributed by atoms with E-state index in [2.05, 4.69) is 25.3 Å². The van der Waals surface area contributed by atoms with Crippen molar-refractivity contribution in [2.75, 3.05) is 12.4 Å². The fourth-order valence-electron chi connectivity index (χ4n) is 1.20. The third kappa shape index (κ3) is 2.48. The first kappa shape index (κ1) is 10.4. The maximum atomic E-state index is 5.03. The lowest BCUT2D eigenvalue weighted by Crippen LogP contribution is -2.03. The van der Waals surface area contributed by atoms with E-state index in [-0.39, 0.29) is 0 Å². The zero-order valence-corrected chi connectivity index (χ0v) is 8.79. The molecule has 6 nitrogen and oxygen atoms in total. The lowest BCUT2D eigenvalue weighted by molar-refractivity contribution is 0.182. The number of hydrogen-bond acceptors (Lipinski definition) is 6. The average molecular weight is 217 g/mol. The smallest absolute Gasteiger partial charge is 0.155 e. The third-order valence-electron chi connectivity index (χ3n) is 1.86. The predicted molar refractivity (Wildman–Crippen MR) is 58.1 cm³/mol. The van der Waals surface area contributed by atoms with Crippen LogP contribution in [0, 0.1) is 0 Å². The molecule has 6 heteroatoms. The molecule has 1 N–H and O–H groups in total. The van der Waals surface area contributed by atoms with Crippen LogP contribution in [0.3, 0.4) is 0 Å². The van der Waals surface area contributed by atoms with E-state index >= 15 is 0 Å². The molecule has 0 amide bonds. The Morgan fingerprint density at radius 2 is 1.94 bits per heavy atom. The van der Waals surface area contributed by atoms with E-state index < -0.39 is 0 Å². The van der Waals surface area contributed by atoms with Gasteiger partial charge in [-0.05, 0) is 0 Å². The van der Waals surface area contributed by atoms with Crippen LogP contribution in [0.2, 0.25) is 0 Å². The lowest BCUT2D eigenvalue weighted by Gasteiger charge is -2.07. The van der Waals surface area contributed by atoms with E-state index in [0.29, 0.717) is 18.2 Å². The summed E-state index contributed by atoms with van der Waals surface area (Å²) >= 11 is 0. The van der Waals surface area contributed by atoms with Crippen molar-refractivity contribution in [1.29, 1.82) is 0 Å². The summed E-state index contributed by atoms with van der Waals surface area (Å²) < 4.78 is 5.03. The topological polar surface area (TPSA) is 72.8 Å². The minimum atomic E-state index is 0.399. The standard InChI is InChI=1S/C10H11N5O/c1-16-7-8-10(14-5-4-12-8)15-9-6-11-2-3-13-9/h2-6H,7H2,1H3,(H,13,14,15). The molecule has 2 aromatic rings. The molecular weight excluding hydrogens is 206 g/mol. The van der Waals surface area contributed by atoms with Crippen LogP contribution in [-0.2, 0) is 11.3 Å². The van der Waals surface area contributed by atoms with Gasteiger partial charge in [-0.25, -0.2) is 9.97 Å². The maximum absolute atomic E-state index is 5.03. The number of hydrogen-bond donors (Lipinski definition) is 1. The molecule has 0 fully saturated rings. The Hall–Kier alpha value is -2.08. The van der Waals surface area contributed by atoms with Gasteiger partial charge in [-0.2, -0.15) is 0 Å². The Labute approximate surface area is 92.8 Å². The summed E-state index contributed by atoms with van der Waals surface area (Å²) in [7, 11) is 1.61. The summed E-state index contributed by atoms with van der Waals surface area (Å²) in [6.45, 7) is 0.399. The second-order valence-electron chi connectivity index (χ2n) is 3.00. The molecule has 0 atom stereocenters. The summed E-state index contributed by atoms with van der Waals surface area (Å²) in [6, 6.07) is 0. The monoisotopic (exact) mass is 217 g/mol. The van der Waals surface area contributed by atoms with Crippen LogP contribution < -0.4 is 5.32 Å². The number of aromatic nitrogens is 4. The molecule has 0 aliphatic rings. The van der Waals surface area contributed by atoms with Crippen molar-refractivity contribution in [2.45, 2.75) is 6.61 Å². The van der Waals surface area contributed by atoms with Crippen LogP contribution in [0.25, 0.3) is 0 Å². The second-order valence-corrected chi connectivity index (χ2v) is 3.00. The van der Waals surface area contributed by atoms with Gasteiger partial charge in [-0.3, -0.25) is 9.97 Å². The molecule has 82 valence electrons. The first-order chi connectivity index (χ1) is 7.90. The Morgan fingerprint density at radius 3 is 2.69 bits per heavy atom. The first-order valence-corrected chi connectivity index (χ1v) is 4.72. The van der Waals surface area contributed by atoms with Gasteiger partial charge >= 0.3 is 0 Å². The average Bonchev–Trinajstić information content (AvgIpc) is 2.33. The molecule has 0 spiro atoms. The second kappa shape index (κ2) is 5.13. The van der Waals surface area contributed by atoms with Crippen molar-refractivity contribution >= 4 is 11.6 Å². The molecule has 2 rings (SSSR count). The number of anilines is 2. The van der Waals surface area contributed by atoms with Gasteiger partial charge in [0.1, 0.15) is 11.5 Å². The summed E-state index contributed by atoms with van der Waals surface area (Å²) in [6.07, 6.45) is 8.06. The molecule has 0 saturated heterocycles. The number of nitrogens with one attached hydrogen (secondary N) is 1. The van der Waals surface area contributed by atoms with Crippen LogP contribution in [0.15, 0.2) is 31.0 Å². The van der Waals surface area contributed by atoms with E-state index in [1.807, 2.05) is 0 Å². The van der Waals surface area contributed by atoms with E-state index in [1.165, 1.54) is 0 Å². The molecule has 0 aliphatic carbocycles. The number of rotatable bonds is 4. The minimum absolute atomic E-state index is 0.399.